The Labute approximate surface area is 207 Å². The van der Waals surface area contributed by atoms with E-state index >= 15 is 0 Å². The number of thiophene rings is 1. The number of carbonyl (C=O) groups excluding carboxylic acids is 1. The van der Waals surface area contributed by atoms with Gasteiger partial charge in [0.1, 0.15) is 6.54 Å². The van der Waals surface area contributed by atoms with Crippen LogP contribution in [0.1, 0.15) is 54.6 Å². The maximum Gasteiger partial charge on any atom is 0.327 e. The fraction of sp³-hybridized carbons (Fsp3) is 0.400. The summed E-state index contributed by atoms with van der Waals surface area (Å²) in [6.45, 7) is 7.13. The molecule has 0 saturated heterocycles. The van der Waals surface area contributed by atoms with Crippen molar-refractivity contribution in [3.63, 3.8) is 0 Å². The summed E-state index contributed by atoms with van der Waals surface area (Å²) in [4.78, 5) is 31.7. The number of aromatic amines is 1. The summed E-state index contributed by atoms with van der Waals surface area (Å²) >= 11 is 1.66. The second-order valence-electron chi connectivity index (χ2n) is 8.45. The van der Waals surface area contributed by atoms with Crippen molar-refractivity contribution in [1.29, 1.82) is 0 Å². The van der Waals surface area contributed by atoms with Gasteiger partial charge in [0.25, 0.3) is 5.56 Å². The summed E-state index contributed by atoms with van der Waals surface area (Å²) in [5.41, 5.74) is 2.45. The van der Waals surface area contributed by atoms with E-state index in [1.807, 2.05) is 42.6 Å². The lowest BCUT2D eigenvalue weighted by Gasteiger charge is -2.30. The normalized spacial score (nSPS) is 12.3. The first kappa shape index (κ1) is 24.7. The fourth-order valence-electron chi connectivity index (χ4n) is 4.28. The monoisotopic (exact) mass is 494 g/mol. The van der Waals surface area contributed by atoms with Gasteiger partial charge in [0.05, 0.1) is 18.2 Å². The van der Waals surface area contributed by atoms with E-state index in [9.17, 15) is 9.59 Å². The molecule has 9 nitrogen and oxygen atoms in total. The molecule has 0 amide bonds. The number of H-pyrrole nitrogens is 1. The number of carbonyl (C=O) groups is 1. The van der Waals surface area contributed by atoms with Crippen molar-refractivity contribution < 1.29 is 9.53 Å². The zero-order valence-electron chi connectivity index (χ0n) is 20.2. The molecule has 0 saturated carbocycles. The number of benzene rings is 1. The fourth-order valence-corrected chi connectivity index (χ4v) is 5.01. The van der Waals surface area contributed by atoms with Crippen molar-refractivity contribution >= 4 is 28.2 Å². The highest BCUT2D eigenvalue weighted by molar-refractivity contribution is 7.09. The molecule has 4 rings (SSSR count). The minimum absolute atomic E-state index is 0.0565. The zero-order chi connectivity index (χ0) is 24.8. The Hall–Kier alpha value is -3.37. The van der Waals surface area contributed by atoms with E-state index in [1.165, 1.54) is 9.56 Å². The number of nitrogens with zero attached hydrogens (tertiary/aromatic N) is 5. The number of aryl methyl sites for hydroxylation is 1. The zero-order valence-corrected chi connectivity index (χ0v) is 21.0. The van der Waals surface area contributed by atoms with Gasteiger partial charge in [-0.15, -0.1) is 16.4 Å². The summed E-state index contributed by atoms with van der Waals surface area (Å²) in [6.07, 6.45) is 1.64. The Kier molecular flexibility index (Phi) is 8.04. The van der Waals surface area contributed by atoms with Gasteiger partial charge in [0, 0.05) is 23.5 Å². The molecule has 0 aliphatic heterocycles. The highest BCUT2D eigenvalue weighted by Crippen LogP contribution is 2.29. The number of rotatable bonds is 11. The van der Waals surface area contributed by atoms with E-state index < -0.39 is 0 Å². The predicted molar refractivity (Wildman–Crippen MR) is 135 cm³/mol. The number of ether oxygens (including phenoxy) is 1. The molecule has 0 spiro atoms. The molecule has 0 fully saturated rings. The summed E-state index contributed by atoms with van der Waals surface area (Å²) in [5, 5.41) is 15.2. The minimum Gasteiger partial charge on any atom is -0.465 e. The Morgan fingerprint density at radius 2 is 2.09 bits per heavy atom. The van der Waals surface area contributed by atoms with Crippen molar-refractivity contribution in [1.82, 2.24) is 30.1 Å². The van der Waals surface area contributed by atoms with Crippen molar-refractivity contribution in [2.24, 2.45) is 0 Å². The minimum atomic E-state index is -0.387. The number of esters is 1. The molecular weight excluding hydrogens is 464 g/mol. The predicted octanol–water partition coefficient (Wildman–Crippen LogP) is 3.99. The number of nitrogens with one attached hydrogen (secondary N) is 1. The third-order valence-corrected chi connectivity index (χ3v) is 6.78. The molecular formula is C25H30N6O3S. The second-order valence-corrected chi connectivity index (χ2v) is 9.48. The lowest BCUT2D eigenvalue weighted by atomic mass is 10.1. The Morgan fingerprint density at radius 1 is 1.23 bits per heavy atom. The molecule has 35 heavy (non-hydrogen) atoms. The van der Waals surface area contributed by atoms with Crippen molar-refractivity contribution in [2.45, 2.75) is 59.3 Å². The van der Waals surface area contributed by atoms with Gasteiger partial charge in [-0.2, -0.15) is 0 Å². The van der Waals surface area contributed by atoms with Crippen LogP contribution in [0.4, 0.5) is 0 Å². The second kappa shape index (κ2) is 11.4. The Bertz CT molecular complexity index is 1330. The molecule has 0 aliphatic carbocycles. The first-order valence-electron chi connectivity index (χ1n) is 11.8. The third-order valence-electron chi connectivity index (χ3n) is 5.92. The Morgan fingerprint density at radius 3 is 2.83 bits per heavy atom. The molecule has 0 bridgehead atoms. The van der Waals surface area contributed by atoms with Crippen molar-refractivity contribution in [2.75, 3.05) is 6.61 Å². The van der Waals surface area contributed by atoms with E-state index in [1.54, 1.807) is 18.3 Å². The smallest absolute Gasteiger partial charge is 0.327 e. The van der Waals surface area contributed by atoms with E-state index in [-0.39, 0.29) is 24.1 Å². The topological polar surface area (TPSA) is 106 Å². The highest BCUT2D eigenvalue weighted by atomic mass is 32.1. The largest absolute Gasteiger partial charge is 0.465 e. The molecule has 4 aromatic rings. The number of hydrogen-bond acceptors (Lipinski definition) is 8. The molecule has 1 N–H and O–H groups in total. The Balaban J connectivity index is 1.72. The molecule has 3 heterocycles. The van der Waals surface area contributed by atoms with E-state index in [4.69, 9.17) is 4.74 Å². The van der Waals surface area contributed by atoms with Gasteiger partial charge in [-0.25, -0.2) is 4.68 Å². The first-order valence-corrected chi connectivity index (χ1v) is 12.7. The molecule has 184 valence electrons. The van der Waals surface area contributed by atoms with Crippen LogP contribution >= 0.6 is 11.3 Å². The van der Waals surface area contributed by atoms with E-state index in [0.717, 1.165) is 29.3 Å². The van der Waals surface area contributed by atoms with Crippen LogP contribution in [0.5, 0.6) is 0 Å². The number of tetrazole rings is 1. The van der Waals surface area contributed by atoms with Crippen molar-refractivity contribution in [3.05, 3.63) is 74.0 Å². The van der Waals surface area contributed by atoms with Gasteiger partial charge in [0.15, 0.2) is 5.82 Å². The van der Waals surface area contributed by atoms with Crippen LogP contribution in [0.15, 0.2) is 46.6 Å². The molecule has 10 heteroatoms. The van der Waals surface area contributed by atoms with Gasteiger partial charge in [-0.3, -0.25) is 14.5 Å². The highest BCUT2D eigenvalue weighted by Gasteiger charge is 2.28. The molecule has 0 aliphatic rings. The maximum atomic E-state index is 13.1. The van der Waals surface area contributed by atoms with Gasteiger partial charge < -0.3 is 9.72 Å². The average Bonchev–Trinajstić information content (AvgIpc) is 3.51. The van der Waals surface area contributed by atoms with Crippen LogP contribution < -0.4 is 5.56 Å². The summed E-state index contributed by atoms with van der Waals surface area (Å²) in [5.74, 6) is 0.201. The van der Waals surface area contributed by atoms with Crippen LogP contribution in [0.3, 0.4) is 0 Å². The van der Waals surface area contributed by atoms with Gasteiger partial charge in [0.2, 0.25) is 0 Å². The number of para-hydroxylation sites is 1. The van der Waals surface area contributed by atoms with Crippen LogP contribution in [0.25, 0.3) is 10.9 Å². The quantitative estimate of drug-likeness (QED) is 0.314. The van der Waals surface area contributed by atoms with E-state index in [0.29, 0.717) is 31.1 Å². The molecule has 1 atom stereocenters. The molecule has 0 radical (unpaired) electrons. The van der Waals surface area contributed by atoms with E-state index in [2.05, 4.69) is 38.4 Å². The van der Waals surface area contributed by atoms with Crippen LogP contribution in [-0.2, 0) is 29.2 Å². The number of aromatic nitrogens is 5. The van der Waals surface area contributed by atoms with Gasteiger partial charge in [-0.05, 0) is 59.2 Å². The first-order chi connectivity index (χ1) is 17.0. The summed E-state index contributed by atoms with van der Waals surface area (Å²) in [7, 11) is 0. The summed E-state index contributed by atoms with van der Waals surface area (Å²) < 4.78 is 6.61. The molecule has 3 aromatic heterocycles. The van der Waals surface area contributed by atoms with Crippen molar-refractivity contribution in [3.8, 4) is 0 Å². The van der Waals surface area contributed by atoms with Crippen LogP contribution in [0.2, 0.25) is 0 Å². The SMILES string of the molecule is CCCC(c1nnnn1CC(=O)OCC)N(Cc1cccs1)Cc1cc2cccc(C)c2[nH]c1=O. The van der Waals surface area contributed by atoms with Crippen LogP contribution in [0, 0.1) is 6.92 Å². The number of fused-ring (bicyclic) bond motifs is 1. The number of hydrogen-bond donors (Lipinski definition) is 1. The molecule has 1 aromatic carbocycles. The van der Waals surface area contributed by atoms with Gasteiger partial charge >= 0.3 is 5.97 Å². The average molecular weight is 495 g/mol. The lowest BCUT2D eigenvalue weighted by molar-refractivity contribution is -0.144. The number of pyridine rings is 1. The third kappa shape index (κ3) is 5.83. The lowest BCUT2D eigenvalue weighted by Crippen LogP contribution is -2.33. The summed E-state index contributed by atoms with van der Waals surface area (Å²) in [6, 6.07) is 11.9. The standard InChI is InChI=1S/C25H30N6O3S/c1-4-8-21(24-27-28-29-31(24)16-22(32)34-5-2)30(15-20-11-7-12-35-20)14-19-13-18-10-6-9-17(3)23(18)26-25(19)33/h6-7,9-13,21H,4-5,8,14-16H2,1-3H3,(H,26,33). The van der Waals surface area contributed by atoms with Gasteiger partial charge in [-0.1, -0.05) is 37.6 Å². The van der Waals surface area contributed by atoms with Crippen LogP contribution in [-0.4, -0.2) is 42.7 Å². The maximum absolute atomic E-state index is 13.1. The molecule has 1 unspecified atom stereocenters.